The Bertz CT molecular complexity index is 604. The van der Waals surface area contributed by atoms with Crippen LogP contribution in [0.15, 0.2) is 24.3 Å². The first-order valence-electron chi connectivity index (χ1n) is 8.21. The van der Waals surface area contributed by atoms with Crippen LogP contribution in [0.1, 0.15) is 44.6 Å². The molecular weight excluding hydrogens is 308 g/mol. The summed E-state index contributed by atoms with van der Waals surface area (Å²) in [5, 5.41) is 5.57. The third-order valence-corrected chi connectivity index (χ3v) is 4.30. The van der Waals surface area contributed by atoms with Crippen LogP contribution in [0.2, 0.25) is 0 Å². The van der Waals surface area contributed by atoms with Crippen molar-refractivity contribution in [1.82, 2.24) is 5.32 Å². The molecule has 0 saturated heterocycles. The van der Waals surface area contributed by atoms with Crippen LogP contribution < -0.4 is 10.6 Å². The van der Waals surface area contributed by atoms with Gasteiger partial charge in [-0.2, -0.15) is 0 Å². The van der Waals surface area contributed by atoms with Crippen molar-refractivity contribution in [3.63, 3.8) is 0 Å². The Labute approximate surface area is 142 Å². The molecule has 0 atom stereocenters. The number of amides is 2. The number of anilines is 1. The van der Waals surface area contributed by atoms with E-state index in [0.29, 0.717) is 18.5 Å². The van der Waals surface area contributed by atoms with Gasteiger partial charge in [0.05, 0.1) is 13.5 Å². The zero-order chi connectivity index (χ0) is 17.6. The van der Waals surface area contributed by atoms with E-state index in [1.807, 2.05) is 0 Å². The largest absolute Gasteiger partial charge is 0.467 e. The molecule has 0 bridgehead atoms. The number of benzene rings is 1. The van der Waals surface area contributed by atoms with Crippen LogP contribution in [0.5, 0.6) is 0 Å². The molecule has 1 aliphatic carbocycles. The predicted octanol–water partition coefficient (Wildman–Crippen LogP) is 2.18. The van der Waals surface area contributed by atoms with E-state index in [4.69, 9.17) is 4.74 Å². The fourth-order valence-corrected chi connectivity index (χ4v) is 3.14. The lowest BCUT2D eigenvalue weighted by molar-refractivity contribution is -0.152. The second-order valence-corrected chi connectivity index (χ2v) is 6.24. The van der Waals surface area contributed by atoms with Gasteiger partial charge in [-0.15, -0.1) is 0 Å². The lowest BCUT2D eigenvalue weighted by atomic mass is 9.81. The summed E-state index contributed by atoms with van der Waals surface area (Å²) in [5.74, 6) is -0.705. The summed E-state index contributed by atoms with van der Waals surface area (Å²) in [6.07, 6.45) is 4.29. The van der Waals surface area contributed by atoms with Crippen molar-refractivity contribution in [2.24, 2.45) is 0 Å². The van der Waals surface area contributed by atoms with E-state index in [1.54, 1.807) is 24.3 Å². The number of hydrogen-bond donors (Lipinski definition) is 2. The number of carbonyl (C=O) groups is 3. The Morgan fingerprint density at radius 3 is 2.25 bits per heavy atom. The molecule has 2 N–H and O–H groups in total. The molecule has 24 heavy (non-hydrogen) atoms. The summed E-state index contributed by atoms with van der Waals surface area (Å²) in [4.78, 5) is 35.5. The van der Waals surface area contributed by atoms with Gasteiger partial charge in [-0.3, -0.25) is 9.59 Å². The molecule has 130 valence electrons. The van der Waals surface area contributed by atoms with Gasteiger partial charge in [0.25, 0.3) is 0 Å². The Hall–Kier alpha value is -2.37. The molecule has 0 unspecified atom stereocenters. The minimum Gasteiger partial charge on any atom is -0.467 e. The van der Waals surface area contributed by atoms with E-state index >= 15 is 0 Å². The van der Waals surface area contributed by atoms with Crippen LogP contribution in [-0.2, 0) is 25.5 Å². The molecular formula is C18H24N2O4. The first-order chi connectivity index (χ1) is 11.4. The number of ether oxygens (including phenoxy) is 1. The van der Waals surface area contributed by atoms with Gasteiger partial charge in [0.1, 0.15) is 5.54 Å². The van der Waals surface area contributed by atoms with Crippen molar-refractivity contribution in [3.05, 3.63) is 29.8 Å². The quantitative estimate of drug-likeness (QED) is 0.810. The van der Waals surface area contributed by atoms with Gasteiger partial charge in [-0.1, -0.05) is 31.4 Å². The Morgan fingerprint density at radius 1 is 1.08 bits per heavy atom. The van der Waals surface area contributed by atoms with Crippen LogP contribution in [0, 0.1) is 0 Å². The van der Waals surface area contributed by atoms with Gasteiger partial charge in [0.15, 0.2) is 0 Å². The zero-order valence-electron chi connectivity index (χ0n) is 14.2. The van der Waals surface area contributed by atoms with E-state index in [0.717, 1.165) is 24.8 Å². The second kappa shape index (κ2) is 7.95. The predicted molar refractivity (Wildman–Crippen MR) is 90.4 cm³/mol. The first kappa shape index (κ1) is 18.0. The molecule has 0 heterocycles. The highest BCUT2D eigenvalue weighted by Gasteiger charge is 2.41. The maximum atomic E-state index is 12.4. The minimum absolute atomic E-state index is 0.141. The SMILES string of the molecule is COC(=O)C1(NC(=O)Cc2ccc(NC(C)=O)cc2)CCCCC1. The highest BCUT2D eigenvalue weighted by molar-refractivity contribution is 5.90. The van der Waals surface area contributed by atoms with Crippen LogP contribution >= 0.6 is 0 Å². The zero-order valence-corrected chi connectivity index (χ0v) is 14.2. The van der Waals surface area contributed by atoms with Crippen LogP contribution in [0.25, 0.3) is 0 Å². The summed E-state index contributed by atoms with van der Waals surface area (Å²) in [7, 11) is 1.35. The van der Waals surface area contributed by atoms with Gasteiger partial charge < -0.3 is 15.4 Å². The number of carbonyl (C=O) groups excluding carboxylic acids is 3. The molecule has 1 saturated carbocycles. The van der Waals surface area contributed by atoms with E-state index in [2.05, 4.69) is 10.6 Å². The molecule has 2 amide bonds. The van der Waals surface area contributed by atoms with Crippen molar-refractivity contribution in [2.45, 2.75) is 51.0 Å². The van der Waals surface area contributed by atoms with Crippen molar-refractivity contribution in [3.8, 4) is 0 Å². The van der Waals surface area contributed by atoms with E-state index < -0.39 is 5.54 Å². The van der Waals surface area contributed by atoms with Crippen molar-refractivity contribution in [2.75, 3.05) is 12.4 Å². The molecule has 1 aromatic carbocycles. The highest BCUT2D eigenvalue weighted by atomic mass is 16.5. The molecule has 0 spiro atoms. The number of esters is 1. The molecule has 1 fully saturated rings. The van der Waals surface area contributed by atoms with Crippen LogP contribution in [0.3, 0.4) is 0 Å². The van der Waals surface area contributed by atoms with Gasteiger partial charge in [-0.05, 0) is 30.5 Å². The topological polar surface area (TPSA) is 84.5 Å². The van der Waals surface area contributed by atoms with Gasteiger partial charge in [0, 0.05) is 12.6 Å². The number of nitrogens with one attached hydrogen (secondary N) is 2. The molecule has 0 radical (unpaired) electrons. The van der Waals surface area contributed by atoms with Crippen molar-refractivity contribution < 1.29 is 19.1 Å². The standard InChI is InChI=1S/C18H24N2O4/c1-13(21)19-15-8-6-14(7-9-15)12-16(22)20-18(17(23)24-2)10-4-3-5-11-18/h6-9H,3-5,10-12H2,1-2H3,(H,19,21)(H,20,22). The summed E-state index contributed by atoms with van der Waals surface area (Å²) in [6.45, 7) is 1.44. The smallest absolute Gasteiger partial charge is 0.331 e. The van der Waals surface area contributed by atoms with E-state index in [1.165, 1.54) is 14.0 Å². The third kappa shape index (κ3) is 4.57. The van der Waals surface area contributed by atoms with Crippen LogP contribution in [-0.4, -0.2) is 30.4 Å². The molecule has 0 aromatic heterocycles. The average molecular weight is 332 g/mol. The Kier molecular flexibility index (Phi) is 5.95. The summed E-state index contributed by atoms with van der Waals surface area (Å²) < 4.78 is 4.90. The average Bonchev–Trinajstić information content (AvgIpc) is 2.56. The Morgan fingerprint density at radius 2 is 1.71 bits per heavy atom. The molecule has 2 rings (SSSR count). The maximum absolute atomic E-state index is 12.4. The normalized spacial score (nSPS) is 16.1. The van der Waals surface area contributed by atoms with Gasteiger partial charge in [0.2, 0.25) is 11.8 Å². The van der Waals surface area contributed by atoms with E-state index in [9.17, 15) is 14.4 Å². The Balaban J connectivity index is 2.00. The second-order valence-electron chi connectivity index (χ2n) is 6.24. The maximum Gasteiger partial charge on any atom is 0.331 e. The first-order valence-corrected chi connectivity index (χ1v) is 8.21. The number of methoxy groups -OCH3 is 1. The van der Waals surface area contributed by atoms with Crippen LogP contribution in [0.4, 0.5) is 5.69 Å². The molecule has 1 aromatic rings. The number of rotatable bonds is 5. The minimum atomic E-state index is -0.889. The molecule has 6 heteroatoms. The molecule has 1 aliphatic rings. The lowest BCUT2D eigenvalue weighted by Crippen LogP contribution is -2.56. The monoisotopic (exact) mass is 332 g/mol. The fraction of sp³-hybridized carbons (Fsp3) is 0.500. The third-order valence-electron chi connectivity index (χ3n) is 4.30. The van der Waals surface area contributed by atoms with Crippen molar-refractivity contribution >= 4 is 23.5 Å². The lowest BCUT2D eigenvalue weighted by Gasteiger charge is -2.35. The summed E-state index contributed by atoms with van der Waals surface area (Å²) in [5.41, 5.74) is 0.614. The number of hydrogen-bond acceptors (Lipinski definition) is 4. The van der Waals surface area contributed by atoms with Gasteiger partial charge >= 0.3 is 5.97 Å². The van der Waals surface area contributed by atoms with E-state index in [-0.39, 0.29) is 24.2 Å². The highest BCUT2D eigenvalue weighted by Crippen LogP contribution is 2.29. The van der Waals surface area contributed by atoms with Crippen molar-refractivity contribution in [1.29, 1.82) is 0 Å². The van der Waals surface area contributed by atoms with Gasteiger partial charge in [-0.25, -0.2) is 4.79 Å². The summed E-state index contributed by atoms with van der Waals surface area (Å²) >= 11 is 0. The molecule has 0 aliphatic heterocycles. The molecule has 6 nitrogen and oxygen atoms in total. The fourth-order valence-electron chi connectivity index (χ4n) is 3.14. The summed E-state index contributed by atoms with van der Waals surface area (Å²) in [6, 6.07) is 7.08.